The molecular weight excluding hydrogens is 482 g/mol. The lowest BCUT2D eigenvalue weighted by atomic mass is 10.1. The number of nitrogens with one attached hydrogen (secondary N) is 2. The Balaban J connectivity index is 1.77. The van der Waals surface area contributed by atoms with Crippen LogP contribution in [-0.2, 0) is 4.79 Å². The van der Waals surface area contributed by atoms with E-state index in [4.69, 9.17) is 4.74 Å². The van der Waals surface area contributed by atoms with E-state index in [1.54, 1.807) is 23.0 Å². The minimum Gasteiger partial charge on any atom is -0.497 e. The summed E-state index contributed by atoms with van der Waals surface area (Å²) in [4.78, 5) is 44.6. The first-order chi connectivity index (χ1) is 18.2. The lowest BCUT2D eigenvalue weighted by Gasteiger charge is -2.28. The molecule has 1 fully saturated rings. The first-order valence-electron chi connectivity index (χ1n) is 13.4. The first kappa shape index (κ1) is 28.8. The van der Waals surface area contributed by atoms with Crippen molar-refractivity contribution in [1.29, 1.82) is 0 Å². The van der Waals surface area contributed by atoms with Crippen molar-refractivity contribution in [1.82, 2.24) is 9.80 Å². The second kappa shape index (κ2) is 13.7. The van der Waals surface area contributed by atoms with Crippen LogP contribution in [0.4, 0.5) is 21.9 Å². The quantitative estimate of drug-likeness (QED) is 0.487. The molecule has 0 radical (unpaired) electrons. The zero-order valence-electron chi connectivity index (χ0n) is 23.3. The third kappa shape index (κ3) is 7.63. The molecule has 0 bridgehead atoms. The van der Waals surface area contributed by atoms with Crippen LogP contribution in [-0.4, -0.2) is 74.0 Å². The van der Waals surface area contributed by atoms with E-state index in [9.17, 15) is 14.4 Å². The number of carbonyl (C=O) groups excluding carboxylic acids is 3. The minimum atomic E-state index is -0.153. The molecule has 1 aliphatic heterocycles. The summed E-state index contributed by atoms with van der Waals surface area (Å²) in [7, 11) is 1.61. The Kier molecular flexibility index (Phi) is 10.4. The first-order valence-corrected chi connectivity index (χ1v) is 13.4. The van der Waals surface area contributed by atoms with Gasteiger partial charge in [-0.2, -0.15) is 0 Å². The van der Waals surface area contributed by atoms with Gasteiger partial charge in [-0.15, -0.1) is 0 Å². The third-order valence-electron chi connectivity index (χ3n) is 6.62. The summed E-state index contributed by atoms with van der Waals surface area (Å²) in [6, 6.07) is 12.6. The van der Waals surface area contributed by atoms with E-state index >= 15 is 0 Å². The smallest absolute Gasteiger partial charge is 0.321 e. The second-order valence-electron chi connectivity index (χ2n) is 9.84. The molecule has 3 rings (SSSR count). The highest BCUT2D eigenvalue weighted by Gasteiger charge is 2.25. The van der Waals surface area contributed by atoms with Crippen LogP contribution < -0.4 is 20.3 Å². The van der Waals surface area contributed by atoms with Gasteiger partial charge in [0.25, 0.3) is 5.91 Å². The number of nitrogens with zero attached hydrogens (tertiary/aromatic N) is 3. The predicted molar refractivity (Wildman–Crippen MR) is 152 cm³/mol. The van der Waals surface area contributed by atoms with Crippen molar-refractivity contribution in [2.24, 2.45) is 5.92 Å². The molecule has 0 aliphatic carbocycles. The van der Waals surface area contributed by atoms with Crippen molar-refractivity contribution in [3.63, 3.8) is 0 Å². The maximum atomic E-state index is 13.5. The van der Waals surface area contributed by atoms with Gasteiger partial charge < -0.3 is 30.1 Å². The summed E-state index contributed by atoms with van der Waals surface area (Å²) < 4.78 is 5.18. The van der Waals surface area contributed by atoms with Crippen LogP contribution >= 0.6 is 0 Å². The SMILES string of the molecule is CCN(CC)C(=O)c1cc(NC(=O)CC(C)C)ccc1N1CCCN(C(=O)Nc2ccc(OC)cc2)CC1. The summed E-state index contributed by atoms with van der Waals surface area (Å²) in [5.41, 5.74) is 2.71. The van der Waals surface area contributed by atoms with Crippen molar-refractivity contribution in [2.75, 3.05) is 61.9 Å². The van der Waals surface area contributed by atoms with Crippen molar-refractivity contribution in [3.8, 4) is 5.75 Å². The Hall–Kier alpha value is -3.75. The number of ether oxygens (including phenoxy) is 1. The molecule has 1 heterocycles. The molecule has 9 heteroatoms. The van der Waals surface area contributed by atoms with Crippen LogP contribution in [0, 0.1) is 5.92 Å². The van der Waals surface area contributed by atoms with Gasteiger partial charge in [-0.3, -0.25) is 9.59 Å². The fraction of sp³-hybridized carbons (Fsp3) is 0.483. The molecule has 38 heavy (non-hydrogen) atoms. The van der Waals surface area contributed by atoms with Crippen LogP contribution in [0.25, 0.3) is 0 Å². The number of urea groups is 1. The molecule has 2 N–H and O–H groups in total. The van der Waals surface area contributed by atoms with Gasteiger partial charge in [0.1, 0.15) is 5.75 Å². The molecule has 206 valence electrons. The molecule has 2 aromatic rings. The van der Waals surface area contributed by atoms with E-state index in [2.05, 4.69) is 15.5 Å². The van der Waals surface area contributed by atoms with Gasteiger partial charge in [0.05, 0.1) is 12.7 Å². The predicted octanol–water partition coefficient (Wildman–Crippen LogP) is 4.91. The summed E-state index contributed by atoms with van der Waals surface area (Å²) in [6.07, 6.45) is 1.18. The summed E-state index contributed by atoms with van der Waals surface area (Å²) in [5, 5.41) is 5.90. The number of anilines is 3. The number of benzene rings is 2. The average molecular weight is 524 g/mol. The van der Waals surface area contributed by atoms with Gasteiger partial charge in [-0.05, 0) is 68.7 Å². The van der Waals surface area contributed by atoms with Gasteiger partial charge in [0, 0.05) is 62.8 Å². The van der Waals surface area contributed by atoms with Crippen LogP contribution in [0.15, 0.2) is 42.5 Å². The summed E-state index contributed by atoms with van der Waals surface area (Å²) >= 11 is 0. The lowest BCUT2D eigenvalue weighted by Crippen LogP contribution is -2.38. The Bertz CT molecular complexity index is 1100. The zero-order chi connectivity index (χ0) is 27.7. The fourth-order valence-electron chi connectivity index (χ4n) is 4.56. The van der Waals surface area contributed by atoms with E-state index in [1.165, 1.54) is 0 Å². The molecule has 0 spiro atoms. The van der Waals surface area contributed by atoms with Crippen LogP contribution in [0.3, 0.4) is 0 Å². The monoisotopic (exact) mass is 523 g/mol. The second-order valence-corrected chi connectivity index (χ2v) is 9.84. The van der Waals surface area contributed by atoms with E-state index in [-0.39, 0.29) is 23.8 Å². The van der Waals surface area contributed by atoms with Gasteiger partial charge in [-0.1, -0.05) is 13.8 Å². The Morgan fingerprint density at radius 3 is 2.24 bits per heavy atom. The number of rotatable bonds is 9. The molecule has 2 aromatic carbocycles. The van der Waals surface area contributed by atoms with Crippen LogP contribution in [0.5, 0.6) is 5.75 Å². The Morgan fingerprint density at radius 1 is 0.921 bits per heavy atom. The van der Waals surface area contributed by atoms with E-state index in [0.717, 1.165) is 17.9 Å². The molecule has 0 unspecified atom stereocenters. The molecule has 1 aliphatic rings. The molecular formula is C29H41N5O4. The highest BCUT2D eigenvalue weighted by molar-refractivity contribution is 6.02. The number of hydrogen-bond donors (Lipinski definition) is 2. The number of hydrogen-bond acceptors (Lipinski definition) is 5. The van der Waals surface area contributed by atoms with Crippen molar-refractivity contribution in [2.45, 2.75) is 40.5 Å². The third-order valence-corrected chi connectivity index (χ3v) is 6.62. The van der Waals surface area contributed by atoms with E-state index < -0.39 is 0 Å². The number of amides is 4. The largest absolute Gasteiger partial charge is 0.497 e. The standard InChI is InChI=1S/C29H41N5O4/c1-6-32(7-2)28(36)25-20-23(30-27(35)19-21(3)4)11-14-26(25)33-15-8-16-34(18-17-33)29(37)31-22-9-12-24(38-5)13-10-22/h9-14,20-21H,6-8,15-19H2,1-5H3,(H,30,35)(H,31,37). The summed E-state index contributed by atoms with van der Waals surface area (Å²) in [5.74, 6) is 0.840. The summed E-state index contributed by atoms with van der Waals surface area (Å²) in [6.45, 7) is 11.5. The Morgan fingerprint density at radius 2 is 1.61 bits per heavy atom. The molecule has 0 aromatic heterocycles. The Labute approximate surface area is 226 Å². The van der Waals surface area contributed by atoms with Gasteiger partial charge in [-0.25, -0.2) is 4.79 Å². The zero-order valence-corrected chi connectivity index (χ0v) is 23.3. The van der Waals surface area contributed by atoms with Crippen molar-refractivity contribution < 1.29 is 19.1 Å². The van der Waals surface area contributed by atoms with Gasteiger partial charge in [0.2, 0.25) is 5.91 Å². The number of methoxy groups -OCH3 is 1. The van der Waals surface area contributed by atoms with Gasteiger partial charge in [0.15, 0.2) is 0 Å². The molecule has 0 atom stereocenters. The number of carbonyl (C=O) groups is 3. The molecule has 0 saturated carbocycles. The fourth-order valence-corrected chi connectivity index (χ4v) is 4.56. The van der Waals surface area contributed by atoms with E-state index in [0.29, 0.717) is 62.6 Å². The van der Waals surface area contributed by atoms with Gasteiger partial charge >= 0.3 is 6.03 Å². The molecule has 1 saturated heterocycles. The molecule has 4 amide bonds. The maximum absolute atomic E-state index is 13.5. The highest BCUT2D eigenvalue weighted by atomic mass is 16.5. The van der Waals surface area contributed by atoms with Crippen molar-refractivity contribution >= 4 is 34.9 Å². The lowest BCUT2D eigenvalue weighted by molar-refractivity contribution is -0.116. The average Bonchev–Trinajstić information content (AvgIpc) is 3.15. The minimum absolute atomic E-state index is 0.0664. The van der Waals surface area contributed by atoms with Crippen LogP contribution in [0.2, 0.25) is 0 Å². The topological polar surface area (TPSA) is 94.2 Å². The van der Waals surface area contributed by atoms with Crippen molar-refractivity contribution in [3.05, 3.63) is 48.0 Å². The highest BCUT2D eigenvalue weighted by Crippen LogP contribution is 2.28. The molecule has 9 nitrogen and oxygen atoms in total. The normalized spacial score (nSPS) is 13.6. The van der Waals surface area contributed by atoms with E-state index in [1.807, 2.05) is 64.1 Å². The maximum Gasteiger partial charge on any atom is 0.321 e. The van der Waals surface area contributed by atoms with Crippen LogP contribution in [0.1, 0.15) is 50.9 Å².